The maximum atomic E-state index is 13.6. The molecule has 148 valence electrons. The minimum Gasteiger partial charge on any atom is -0.497 e. The molecule has 2 aromatic carbocycles. The monoisotopic (exact) mass is 396 g/mol. The minimum absolute atomic E-state index is 0.0575. The van der Waals surface area contributed by atoms with E-state index in [-0.39, 0.29) is 5.78 Å². The van der Waals surface area contributed by atoms with Gasteiger partial charge in [-0.3, -0.25) is 14.2 Å². The number of aromatic nitrogens is 2. The third-order valence-corrected chi connectivity index (χ3v) is 5.20. The number of pyridine rings is 1. The van der Waals surface area contributed by atoms with Crippen LogP contribution in [0.2, 0.25) is 0 Å². The van der Waals surface area contributed by atoms with E-state index in [0.717, 1.165) is 16.9 Å². The topological polar surface area (TPSA) is 68.0 Å². The number of carbonyl (C=O) groups excluding carboxylic acids is 1. The molecule has 5 rings (SSSR count). The number of nitrogens with zero attached hydrogens (tertiary/aromatic N) is 3. The van der Waals surface area contributed by atoms with Crippen LogP contribution in [0.5, 0.6) is 5.75 Å². The van der Waals surface area contributed by atoms with Crippen LogP contribution in [0.1, 0.15) is 21.6 Å². The number of anilines is 1. The number of ether oxygens (including phenoxy) is 1. The second-order valence-electron chi connectivity index (χ2n) is 7.14. The van der Waals surface area contributed by atoms with Gasteiger partial charge in [0.1, 0.15) is 29.0 Å². The van der Waals surface area contributed by atoms with Crippen LogP contribution in [0.15, 0.2) is 84.0 Å². The number of benzene rings is 2. The molecule has 0 saturated carbocycles. The van der Waals surface area contributed by atoms with E-state index in [4.69, 9.17) is 9.73 Å². The number of hydrogen-bond donors (Lipinski definition) is 1. The lowest BCUT2D eigenvalue weighted by Crippen LogP contribution is -2.23. The summed E-state index contributed by atoms with van der Waals surface area (Å²) in [5, 5.41) is 3.30. The van der Waals surface area contributed by atoms with Crippen molar-refractivity contribution in [3.63, 3.8) is 0 Å². The third-order valence-electron chi connectivity index (χ3n) is 5.20. The third kappa shape index (κ3) is 3.22. The van der Waals surface area contributed by atoms with Gasteiger partial charge in [0, 0.05) is 18.2 Å². The average molecular weight is 396 g/mol. The zero-order valence-corrected chi connectivity index (χ0v) is 16.4. The molecule has 0 unspecified atom stereocenters. The maximum absolute atomic E-state index is 13.6. The van der Waals surface area contributed by atoms with Crippen LogP contribution in [0, 0.1) is 0 Å². The Bertz CT molecular complexity index is 1260. The summed E-state index contributed by atoms with van der Waals surface area (Å²) in [6, 6.07) is 22.7. The van der Waals surface area contributed by atoms with Crippen LogP contribution in [0.25, 0.3) is 5.65 Å². The summed E-state index contributed by atoms with van der Waals surface area (Å²) in [6.45, 7) is 0. The molecule has 6 nitrogen and oxygen atoms in total. The van der Waals surface area contributed by atoms with E-state index in [1.807, 2.05) is 83.4 Å². The second kappa shape index (κ2) is 7.48. The van der Waals surface area contributed by atoms with Gasteiger partial charge in [-0.25, -0.2) is 4.98 Å². The predicted molar refractivity (Wildman–Crippen MR) is 117 cm³/mol. The molecule has 1 aliphatic rings. The van der Waals surface area contributed by atoms with Crippen molar-refractivity contribution in [1.82, 2.24) is 9.38 Å². The standard InChI is InChI=1S/C24H20N4O2/c1-30-18-11-7-10-17(15-18)23-25-19(14-16-8-3-2-4-9-16)22(29)21-24(27-23)26-20-12-5-6-13-28(20)21/h2-13,15,19H,14H2,1H3,(H,25,27)/t19-/m0/s1. The second-order valence-corrected chi connectivity index (χ2v) is 7.14. The highest BCUT2D eigenvalue weighted by Gasteiger charge is 2.31. The van der Waals surface area contributed by atoms with Crippen LogP contribution >= 0.6 is 0 Å². The van der Waals surface area contributed by atoms with Crippen molar-refractivity contribution >= 4 is 23.1 Å². The zero-order valence-electron chi connectivity index (χ0n) is 16.4. The fraction of sp³-hybridized carbons (Fsp3) is 0.125. The van der Waals surface area contributed by atoms with Crippen molar-refractivity contribution < 1.29 is 9.53 Å². The molecule has 4 aromatic rings. The summed E-state index contributed by atoms with van der Waals surface area (Å²) < 4.78 is 7.19. The molecule has 6 heteroatoms. The SMILES string of the molecule is COc1cccc(C2=N[C@@H](Cc3ccccc3)C(=O)c3c(nc4ccccn34)N2)c1. The van der Waals surface area contributed by atoms with Gasteiger partial charge in [0.15, 0.2) is 5.82 Å². The Morgan fingerprint density at radius 1 is 1.03 bits per heavy atom. The van der Waals surface area contributed by atoms with Gasteiger partial charge >= 0.3 is 0 Å². The fourth-order valence-electron chi connectivity index (χ4n) is 3.73. The van der Waals surface area contributed by atoms with Crippen LogP contribution < -0.4 is 10.1 Å². The molecule has 2 aromatic heterocycles. The first-order valence-corrected chi connectivity index (χ1v) is 9.77. The molecule has 1 atom stereocenters. The minimum atomic E-state index is -0.567. The van der Waals surface area contributed by atoms with Gasteiger partial charge in [-0.1, -0.05) is 48.5 Å². The molecule has 0 saturated heterocycles. The number of aliphatic imine (C=N–C) groups is 1. The molecule has 0 bridgehead atoms. The fourth-order valence-corrected chi connectivity index (χ4v) is 3.73. The van der Waals surface area contributed by atoms with Crippen molar-refractivity contribution in [3.8, 4) is 5.75 Å². The molecule has 0 aliphatic carbocycles. The number of amidine groups is 1. The molecule has 1 N–H and O–H groups in total. The van der Waals surface area contributed by atoms with E-state index in [1.165, 1.54) is 0 Å². The Kier molecular flexibility index (Phi) is 4.52. The highest BCUT2D eigenvalue weighted by atomic mass is 16.5. The number of methoxy groups -OCH3 is 1. The van der Waals surface area contributed by atoms with Gasteiger partial charge in [-0.2, -0.15) is 0 Å². The van der Waals surface area contributed by atoms with E-state index in [0.29, 0.717) is 29.4 Å². The Balaban J connectivity index is 1.66. The molecule has 1 aliphatic heterocycles. The van der Waals surface area contributed by atoms with E-state index in [9.17, 15) is 4.79 Å². The molecule has 0 spiro atoms. The zero-order chi connectivity index (χ0) is 20.5. The molecule has 30 heavy (non-hydrogen) atoms. The van der Waals surface area contributed by atoms with Gasteiger partial charge < -0.3 is 10.1 Å². The van der Waals surface area contributed by atoms with E-state index < -0.39 is 6.04 Å². The number of fused-ring (bicyclic) bond motifs is 3. The van der Waals surface area contributed by atoms with Gasteiger partial charge in [-0.05, 0) is 29.8 Å². The lowest BCUT2D eigenvalue weighted by atomic mass is 10.0. The maximum Gasteiger partial charge on any atom is 0.208 e. The summed E-state index contributed by atoms with van der Waals surface area (Å²) in [6.07, 6.45) is 2.37. The summed E-state index contributed by atoms with van der Waals surface area (Å²) in [4.78, 5) is 23.1. The normalized spacial score (nSPS) is 15.8. The number of Topliss-reactive ketones (excluding diaryl/α,β-unsaturated/α-hetero) is 1. The molecule has 3 heterocycles. The van der Waals surface area contributed by atoms with Gasteiger partial charge in [0.25, 0.3) is 0 Å². The van der Waals surface area contributed by atoms with Crippen LogP contribution in [-0.4, -0.2) is 34.2 Å². The molecule has 0 fully saturated rings. The lowest BCUT2D eigenvalue weighted by molar-refractivity contribution is 0.0958. The highest BCUT2D eigenvalue weighted by Crippen LogP contribution is 2.26. The summed E-state index contributed by atoms with van der Waals surface area (Å²) in [5.74, 6) is 1.79. The van der Waals surface area contributed by atoms with E-state index in [1.54, 1.807) is 7.11 Å². The lowest BCUT2D eigenvalue weighted by Gasteiger charge is -2.12. The molecular formula is C24H20N4O2. The van der Waals surface area contributed by atoms with Crippen molar-refractivity contribution in [2.24, 2.45) is 4.99 Å². The summed E-state index contributed by atoms with van der Waals surface area (Å²) in [5.41, 5.74) is 3.13. The van der Waals surface area contributed by atoms with E-state index >= 15 is 0 Å². The van der Waals surface area contributed by atoms with Crippen LogP contribution in [-0.2, 0) is 6.42 Å². The largest absolute Gasteiger partial charge is 0.497 e. The number of carbonyl (C=O) groups is 1. The summed E-state index contributed by atoms with van der Waals surface area (Å²) >= 11 is 0. The Labute approximate surface area is 173 Å². The first kappa shape index (κ1) is 18.1. The quantitative estimate of drug-likeness (QED) is 0.566. The molecule has 0 radical (unpaired) electrons. The average Bonchev–Trinajstić information content (AvgIpc) is 3.10. The Morgan fingerprint density at radius 2 is 1.87 bits per heavy atom. The van der Waals surface area contributed by atoms with Gasteiger partial charge in [-0.15, -0.1) is 0 Å². The van der Waals surface area contributed by atoms with Crippen LogP contribution in [0.3, 0.4) is 0 Å². The Hall–Kier alpha value is -3.93. The van der Waals surface area contributed by atoms with Crippen molar-refractivity contribution in [1.29, 1.82) is 0 Å². The van der Waals surface area contributed by atoms with Gasteiger partial charge in [0.2, 0.25) is 5.78 Å². The number of nitrogens with one attached hydrogen (secondary N) is 1. The number of ketones is 1. The first-order chi connectivity index (χ1) is 14.7. The molecule has 0 amide bonds. The Morgan fingerprint density at radius 3 is 2.70 bits per heavy atom. The van der Waals surface area contributed by atoms with Crippen molar-refractivity contribution in [3.05, 3.63) is 95.8 Å². The molecular weight excluding hydrogens is 376 g/mol. The first-order valence-electron chi connectivity index (χ1n) is 9.77. The van der Waals surface area contributed by atoms with E-state index in [2.05, 4.69) is 10.3 Å². The number of rotatable bonds is 4. The summed E-state index contributed by atoms with van der Waals surface area (Å²) in [7, 11) is 1.63. The van der Waals surface area contributed by atoms with Gasteiger partial charge in [0.05, 0.1) is 7.11 Å². The number of hydrogen-bond acceptors (Lipinski definition) is 5. The van der Waals surface area contributed by atoms with Crippen molar-refractivity contribution in [2.45, 2.75) is 12.5 Å². The highest BCUT2D eigenvalue weighted by molar-refractivity contribution is 6.16. The van der Waals surface area contributed by atoms with Crippen LogP contribution in [0.4, 0.5) is 5.82 Å². The smallest absolute Gasteiger partial charge is 0.208 e. The predicted octanol–water partition coefficient (Wildman–Crippen LogP) is 4.01. The number of imidazole rings is 1. The van der Waals surface area contributed by atoms with Crippen molar-refractivity contribution in [2.75, 3.05) is 12.4 Å².